The van der Waals surface area contributed by atoms with Crippen molar-refractivity contribution in [1.82, 2.24) is 4.90 Å². The molecule has 1 rings (SSSR count). The Bertz CT molecular complexity index is 1040. The van der Waals surface area contributed by atoms with Crippen molar-refractivity contribution in [3.8, 4) is 0 Å². The van der Waals surface area contributed by atoms with Gasteiger partial charge in [0.25, 0.3) is 0 Å². The Labute approximate surface area is 398 Å². The number of rotatable bonds is 34. The maximum absolute atomic E-state index is 10.1. The van der Waals surface area contributed by atoms with E-state index < -0.39 is 12.1 Å². The van der Waals surface area contributed by atoms with Crippen molar-refractivity contribution in [3.05, 3.63) is 48.6 Å². The number of carbonyl (C=O) groups is 1. The van der Waals surface area contributed by atoms with Crippen LogP contribution in [0.4, 0.5) is 0 Å². The van der Waals surface area contributed by atoms with Crippen LogP contribution < -0.4 is 0 Å². The van der Waals surface area contributed by atoms with E-state index in [1.165, 1.54) is 14.2 Å². The molecular formula is C46H92ClNO17. The molecule has 390 valence electrons. The summed E-state index contributed by atoms with van der Waals surface area (Å²) in [6.45, 7) is 20.1. The Hall–Kier alpha value is -1.92. The number of carboxylic acids is 1. The molecule has 0 heterocycles. The number of halogens is 1. The molecule has 0 aliphatic rings. The Kier molecular flexibility index (Phi) is 64.5. The minimum atomic E-state index is -1.00. The van der Waals surface area contributed by atoms with Crippen molar-refractivity contribution in [2.75, 3.05) is 177 Å². The molecule has 65 heavy (non-hydrogen) atoms. The molecule has 19 heteroatoms. The number of aliphatic carboxylic acids is 1. The van der Waals surface area contributed by atoms with Gasteiger partial charge < -0.3 is 81.1 Å². The van der Waals surface area contributed by atoms with Crippen LogP contribution in [0.25, 0.3) is 0 Å². The molecule has 0 amide bonds. The zero-order chi connectivity index (χ0) is 50.5. The van der Waals surface area contributed by atoms with E-state index in [0.29, 0.717) is 65.3 Å². The Balaban J connectivity index is -0.000000223. The molecular weight excluding hydrogens is 874 g/mol. The van der Waals surface area contributed by atoms with Gasteiger partial charge in [0.2, 0.25) is 0 Å². The monoisotopic (exact) mass is 966 g/mol. The molecule has 0 spiro atoms. The quantitative estimate of drug-likeness (QED) is 0.0394. The fraction of sp³-hybridized carbons (Fsp3) is 0.804. The first-order valence-corrected chi connectivity index (χ1v) is 22.0. The van der Waals surface area contributed by atoms with E-state index in [1.54, 1.807) is 77.2 Å². The van der Waals surface area contributed by atoms with E-state index in [4.69, 9.17) is 78.3 Å². The Morgan fingerprint density at radius 1 is 0.615 bits per heavy atom. The standard InChI is InChI=1S/C10H14O2.C9H21NO2.C9H20O4.C8H16O3.C5H11ClO2.C5H10O4/c1-11-8-10(12-2)9-6-4-3-5-7-9;1-5-10(6-2)7-9(12-4)8-11-3;1-5-12-9(13-6-2)8(11-4)7-10-3;1-4-5-11-7-8(10-3)6-9-2;1-7-4-5(3-6)8-2;1-8-3-4(9-2)5(6)7/h3-7,10H,8H2,1-2H3;9H,5-8H2,1-4H3;8-9H,5-7H2,1-4H3;4,8H,1,5-7H2,2-3H3;5H,3-4H2,1-2H3;4H,3H2,1-2H3,(H,6,7). The number of carboxylic acid groups (broad SMARTS) is 1. The maximum Gasteiger partial charge on any atom is 0.335 e. The van der Waals surface area contributed by atoms with Gasteiger partial charge in [-0.1, -0.05) is 50.3 Å². The lowest BCUT2D eigenvalue weighted by atomic mass is 10.1. The summed E-state index contributed by atoms with van der Waals surface area (Å²) >= 11 is 5.44. The van der Waals surface area contributed by atoms with Crippen molar-refractivity contribution < 1.29 is 81.0 Å². The lowest BCUT2D eigenvalue weighted by Gasteiger charge is -2.24. The van der Waals surface area contributed by atoms with E-state index in [9.17, 15) is 4.79 Å². The Morgan fingerprint density at radius 2 is 1.09 bits per heavy atom. The van der Waals surface area contributed by atoms with Crippen LogP contribution in [0.5, 0.6) is 0 Å². The number of benzene rings is 1. The van der Waals surface area contributed by atoms with Crippen LogP contribution in [0.3, 0.4) is 0 Å². The van der Waals surface area contributed by atoms with Crippen molar-refractivity contribution in [1.29, 1.82) is 0 Å². The first-order valence-electron chi connectivity index (χ1n) is 21.5. The first-order chi connectivity index (χ1) is 31.4. The smallest absolute Gasteiger partial charge is 0.335 e. The third kappa shape index (κ3) is 47.0. The van der Waals surface area contributed by atoms with Crippen LogP contribution >= 0.6 is 11.6 Å². The highest BCUT2D eigenvalue weighted by Gasteiger charge is 2.21. The van der Waals surface area contributed by atoms with Gasteiger partial charge in [-0.15, -0.1) is 18.2 Å². The van der Waals surface area contributed by atoms with Crippen LogP contribution in [-0.2, 0) is 75.8 Å². The maximum atomic E-state index is 10.1. The molecule has 6 atom stereocenters. The molecule has 18 nitrogen and oxygen atoms in total. The van der Waals surface area contributed by atoms with E-state index in [0.717, 1.165) is 25.2 Å². The van der Waals surface area contributed by atoms with E-state index >= 15 is 0 Å². The minimum Gasteiger partial charge on any atom is -0.479 e. The van der Waals surface area contributed by atoms with Gasteiger partial charge in [-0.2, -0.15) is 0 Å². The van der Waals surface area contributed by atoms with Crippen LogP contribution in [-0.4, -0.2) is 230 Å². The molecule has 0 radical (unpaired) electrons. The molecule has 0 saturated heterocycles. The van der Waals surface area contributed by atoms with Gasteiger partial charge in [-0.25, -0.2) is 4.79 Å². The number of likely N-dealkylation sites (N-methyl/N-ethyl adjacent to an activating group) is 1. The van der Waals surface area contributed by atoms with E-state index in [2.05, 4.69) is 34.8 Å². The summed E-state index contributed by atoms with van der Waals surface area (Å²) < 4.78 is 75.3. The summed E-state index contributed by atoms with van der Waals surface area (Å²) in [5.74, 6) is -0.510. The van der Waals surface area contributed by atoms with Crippen LogP contribution in [0.15, 0.2) is 43.0 Å². The number of hydrogen-bond acceptors (Lipinski definition) is 17. The normalized spacial score (nSPS) is 13.3. The average Bonchev–Trinajstić information content (AvgIpc) is 3.33. The largest absolute Gasteiger partial charge is 0.479 e. The summed E-state index contributed by atoms with van der Waals surface area (Å²) in [5.41, 5.74) is 1.15. The molecule has 0 saturated carbocycles. The third-order valence-electron chi connectivity index (χ3n) is 8.38. The predicted octanol–water partition coefficient (Wildman–Crippen LogP) is 5.53. The Morgan fingerprint density at radius 3 is 1.42 bits per heavy atom. The first kappa shape index (κ1) is 72.1. The molecule has 0 aliphatic carbocycles. The van der Waals surface area contributed by atoms with Gasteiger partial charge in [0.1, 0.15) is 18.3 Å². The number of alkyl halides is 1. The molecule has 1 aromatic rings. The highest BCUT2D eigenvalue weighted by Crippen LogP contribution is 2.15. The summed E-state index contributed by atoms with van der Waals surface area (Å²) in [4.78, 5) is 12.4. The van der Waals surface area contributed by atoms with E-state index in [-0.39, 0.29) is 43.4 Å². The van der Waals surface area contributed by atoms with Crippen LogP contribution in [0, 0.1) is 0 Å². The van der Waals surface area contributed by atoms with Gasteiger partial charge in [-0.3, -0.25) is 0 Å². The van der Waals surface area contributed by atoms with Gasteiger partial charge in [0.05, 0.1) is 70.9 Å². The number of hydrogen-bond donors (Lipinski definition) is 1. The molecule has 0 bridgehead atoms. The van der Waals surface area contributed by atoms with E-state index in [1.807, 2.05) is 44.2 Å². The van der Waals surface area contributed by atoms with Gasteiger partial charge in [0, 0.05) is 105 Å². The van der Waals surface area contributed by atoms with Crippen molar-refractivity contribution in [2.24, 2.45) is 0 Å². The second kappa shape index (κ2) is 58.2. The topological polar surface area (TPSA) is 179 Å². The highest BCUT2D eigenvalue weighted by atomic mass is 35.5. The summed E-state index contributed by atoms with van der Waals surface area (Å²) in [5, 5.41) is 8.30. The van der Waals surface area contributed by atoms with Crippen LogP contribution in [0.2, 0.25) is 0 Å². The number of nitrogens with zero attached hydrogens (tertiary/aromatic N) is 1. The van der Waals surface area contributed by atoms with Gasteiger partial charge in [-0.05, 0) is 32.5 Å². The molecule has 6 unspecified atom stereocenters. The third-order valence-corrected chi connectivity index (χ3v) is 8.72. The molecule has 1 N–H and O–H groups in total. The van der Waals surface area contributed by atoms with Gasteiger partial charge >= 0.3 is 5.97 Å². The summed E-state index contributed by atoms with van der Waals surface area (Å²) in [6, 6.07) is 10.1. The average molecular weight is 967 g/mol. The second-order valence-corrected chi connectivity index (χ2v) is 13.3. The molecule has 0 aliphatic heterocycles. The lowest BCUT2D eigenvalue weighted by Crippen LogP contribution is -2.36. The predicted molar refractivity (Wildman–Crippen MR) is 256 cm³/mol. The lowest BCUT2D eigenvalue weighted by molar-refractivity contribution is -0.206. The van der Waals surface area contributed by atoms with Crippen molar-refractivity contribution in [3.63, 3.8) is 0 Å². The summed E-state index contributed by atoms with van der Waals surface area (Å²) in [7, 11) is 19.3. The fourth-order valence-electron chi connectivity index (χ4n) is 4.69. The molecule has 0 aromatic heterocycles. The number of ether oxygens (including phenoxy) is 15. The fourth-order valence-corrected chi connectivity index (χ4v) is 4.90. The SMILES string of the molecule is C=CCOCC(COC)OC.CCN(CC)CC(COC)OC.CCOC(OCC)C(COC)OC.COCC(CCl)OC.COCC(OC)C(=O)O.COCC(OC)c1ccccc1. The number of methoxy groups -OCH3 is 12. The zero-order valence-electron chi connectivity index (χ0n) is 42.9. The highest BCUT2D eigenvalue weighted by molar-refractivity contribution is 6.18. The molecule has 1 aromatic carbocycles. The summed E-state index contributed by atoms with van der Waals surface area (Å²) in [6.07, 6.45) is 0.701. The van der Waals surface area contributed by atoms with Crippen molar-refractivity contribution in [2.45, 2.75) is 70.6 Å². The van der Waals surface area contributed by atoms with Crippen molar-refractivity contribution >= 4 is 17.6 Å². The second-order valence-electron chi connectivity index (χ2n) is 13.0. The minimum absolute atomic E-state index is 0.0277. The zero-order valence-corrected chi connectivity index (χ0v) is 43.7. The van der Waals surface area contributed by atoms with Gasteiger partial charge in [0.15, 0.2) is 12.4 Å². The molecule has 0 fully saturated rings. The van der Waals surface area contributed by atoms with Crippen LogP contribution in [0.1, 0.15) is 39.4 Å².